The van der Waals surface area contributed by atoms with Crippen LogP contribution in [-0.4, -0.2) is 31.7 Å². The van der Waals surface area contributed by atoms with Crippen LogP contribution in [0.5, 0.6) is 0 Å². The molecule has 1 saturated carbocycles. The fraction of sp³-hybridized carbons (Fsp3) is 0.923. The summed E-state index contributed by atoms with van der Waals surface area (Å²) in [4.78, 5) is 12.0. The average Bonchev–Trinajstić information content (AvgIpc) is 2.30. The minimum absolute atomic E-state index is 0.0236. The molecule has 3 unspecified atom stereocenters. The lowest BCUT2D eigenvalue weighted by Gasteiger charge is -2.51. The molecule has 0 aliphatic heterocycles. The summed E-state index contributed by atoms with van der Waals surface area (Å²) in [7, 11) is 1.73. The van der Waals surface area contributed by atoms with Gasteiger partial charge in [0, 0.05) is 25.1 Å². The zero-order valence-corrected chi connectivity index (χ0v) is 11.5. The number of hydrogen-bond acceptors (Lipinski definition) is 3. The minimum Gasteiger partial charge on any atom is -0.381 e. The Hall–Kier alpha value is -0.610. The standard InChI is InChI=1S/C13H26N2O2/c1-5-6-9(8-14)12(16)15-10-7-11(17-4)13(10,2)3/h9-11H,5-8,14H2,1-4H3,(H,15,16). The zero-order chi connectivity index (χ0) is 13.1. The third-order valence-corrected chi connectivity index (χ3v) is 4.07. The van der Waals surface area contributed by atoms with Crippen molar-refractivity contribution < 1.29 is 9.53 Å². The quantitative estimate of drug-likeness (QED) is 0.737. The van der Waals surface area contributed by atoms with Crippen LogP contribution in [0.25, 0.3) is 0 Å². The maximum absolute atomic E-state index is 12.0. The summed E-state index contributed by atoms with van der Waals surface area (Å²) >= 11 is 0. The molecule has 100 valence electrons. The maximum Gasteiger partial charge on any atom is 0.224 e. The van der Waals surface area contributed by atoms with E-state index in [1.807, 2.05) is 0 Å². The molecule has 0 aromatic rings. The minimum atomic E-state index is -0.0441. The number of amides is 1. The van der Waals surface area contributed by atoms with Crippen molar-refractivity contribution in [1.82, 2.24) is 5.32 Å². The number of nitrogens with one attached hydrogen (secondary N) is 1. The Balaban J connectivity index is 2.47. The first kappa shape index (κ1) is 14.5. The van der Waals surface area contributed by atoms with Gasteiger partial charge in [-0.3, -0.25) is 4.79 Å². The number of carbonyl (C=O) groups is 1. The Morgan fingerprint density at radius 2 is 2.24 bits per heavy atom. The van der Waals surface area contributed by atoms with Crippen LogP contribution in [-0.2, 0) is 9.53 Å². The van der Waals surface area contributed by atoms with Crippen LogP contribution in [0.3, 0.4) is 0 Å². The number of ether oxygens (including phenoxy) is 1. The van der Waals surface area contributed by atoms with Crippen LogP contribution >= 0.6 is 0 Å². The van der Waals surface area contributed by atoms with Gasteiger partial charge in [0.1, 0.15) is 0 Å². The van der Waals surface area contributed by atoms with Crippen LogP contribution in [0.2, 0.25) is 0 Å². The molecule has 0 saturated heterocycles. The molecule has 0 aromatic carbocycles. The Kier molecular flexibility index (Phi) is 4.95. The van der Waals surface area contributed by atoms with Crippen LogP contribution < -0.4 is 11.1 Å². The van der Waals surface area contributed by atoms with Crippen molar-refractivity contribution in [3.63, 3.8) is 0 Å². The van der Waals surface area contributed by atoms with Crippen molar-refractivity contribution >= 4 is 5.91 Å². The van der Waals surface area contributed by atoms with E-state index in [2.05, 4.69) is 26.1 Å². The summed E-state index contributed by atoms with van der Waals surface area (Å²) in [6.07, 6.45) is 3.00. The number of hydrogen-bond donors (Lipinski definition) is 2. The van der Waals surface area contributed by atoms with E-state index < -0.39 is 0 Å². The highest BCUT2D eigenvalue weighted by molar-refractivity contribution is 5.79. The molecule has 0 bridgehead atoms. The SMILES string of the molecule is CCCC(CN)C(=O)NC1CC(OC)C1(C)C. The third-order valence-electron chi connectivity index (χ3n) is 4.07. The van der Waals surface area contributed by atoms with Crippen molar-refractivity contribution in [3.8, 4) is 0 Å². The molecule has 0 radical (unpaired) electrons. The Morgan fingerprint density at radius 3 is 2.65 bits per heavy atom. The maximum atomic E-state index is 12.0. The van der Waals surface area contributed by atoms with Crippen molar-refractivity contribution in [2.24, 2.45) is 17.1 Å². The van der Waals surface area contributed by atoms with Crippen molar-refractivity contribution in [3.05, 3.63) is 0 Å². The van der Waals surface area contributed by atoms with Gasteiger partial charge in [-0.2, -0.15) is 0 Å². The molecule has 1 amide bonds. The molecule has 1 aliphatic rings. The topological polar surface area (TPSA) is 64.4 Å². The van der Waals surface area contributed by atoms with Gasteiger partial charge in [0.2, 0.25) is 5.91 Å². The van der Waals surface area contributed by atoms with Gasteiger partial charge in [0.05, 0.1) is 12.0 Å². The zero-order valence-electron chi connectivity index (χ0n) is 11.5. The fourth-order valence-corrected chi connectivity index (χ4v) is 2.52. The number of carbonyl (C=O) groups excluding carboxylic acids is 1. The molecular weight excluding hydrogens is 216 g/mol. The summed E-state index contributed by atoms with van der Waals surface area (Å²) in [5.41, 5.74) is 5.65. The lowest BCUT2D eigenvalue weighted by Crippen LogP contribution is -2.62. The molecule has 3 atom stereocenters. The highest BCUT2D eigenvalue weighted by Crippen LogP contribution is 2.42. The smallest absolute Gasteiger partial charge is 0.224 e. The van der Waals surface area contributed by atoms with Gasteiger partial charge in [-0.15, -0.1) is 0 Å². The first-order chi connectivity index (χ1) is 7.97. The van der Waals surface area contributed by atoms with Gasteiger partial charge >= 0.3 is 0 Å². The molecular formula is C13H26N2O2. The summed E-state index contributed by atoms with van der Waals surface area (Å²) < 4.78 is 5.37. The second-order valence-electron chi connectivity index (χ2n) is 5.56. The fourth-order valence-electron chi connectivity index (χ4n) is 2.52. The first-order valence-corrected chi connectivity index (χ1v) is 6.50. The predicted octanol–water partition coefficient (Wildman–Crippen LogP) is 1.29. The van der Waals surface area contributed by atoms with Crippen LogP contribution in [0.1, 0.15) is 40.0 Å². The van der Waals surface area contributed by atoms with E-state index in [4.69, 9.17) is 10.5 Å². The second-order valence-corrected chi connectivity index (χ2v) is 5.56. The van der Waals surface area contributed by atoms with E-state index in [1.165, 1.54) is 0 Å². The van der Waals surface area contributed by atoms with E-state index in [1.54, 1.807) is 7.11 Å². The van der Waals surface area contributed by atoms with Gasteiger partial charge in [-0.25, -0.2) is 0 Å². The predicted molar refractivity (Wildman–Crippen MR) is 68.6 cm³/mol. The molecule has 3 N–H and O–H groups in total. The molecule has 0 aromatic heterocycles. The Labute approximate surface area is 104 Å². The van der Waals surface area contributed by atoms with Crippen LogP contribution in [0.4, 0.5) is 0 Å². The van der Waals surface area contributed by atoms with Gasteiger partial charge in [0.25, 0.3) is 0 Å². The van der Waals surface area contributed by atoms with E-state index in [0.717, 1.165) is 19.3 Å². The highest BCUT2D eigenvalue weighted by atomic mass is 16.5. The summed E-state index contributed by atoms with van der Waals surface area (Å²) in [5.74, 6) is 0.0550. The normalized spacial score (nSPS) is 28.3. The molecule has 0 spiro atoms. The van der Waals surface area contributed by atoms with Crippen LogP contribution in [0, 0.1) is 11.3 Å². The molecule has 1 fully saturated rings. The first-order valence-electron chi connectivity index (χ1n) is 6.50. The molecule has 1 rings (SSSR count). The number of methoxy groups -OCH3 is 1. The average molecular weight is 242 g/mol. The lowest BCUT2D eigenvalue weighted by molar-refractivity contribution is -0.136. The van der Waals surface area contributed by atoms with Crippen molar-refractivity contribution in [2.75, 3.05) is 13.7 Å². The van der Waals surface area contributed by atoms with E-state index in [9.17, 15) is 4.79 Å². The van der Waals surface area contributed by atoms with E-state index >= 15 is 0 Å². The van der Waals surface area contributed by atoms with E-state index in [0.29, 0.717) is 6.54 Å². The summed E-state index contributed by atoms with van der Waals surface area (Å²) in [6.45, 7) is 6.77. The Bertz CT molecular complexity index is 266. The highest BCUT2D eigenvalue weighted by Gasteiger charge is 2.49. The molecule has 4 nitrogen and oxygen atoms in total. The van der Waals surface area contributed by atoms with Crippen molar-refractivity contribution in [2.45, 2.75) is 52.2 Å². The van der Waals surface area contributed by atoms with Gasteiger partial charge in [0.15, 0.2) is 0 Å². The molecule has 17 heavy (non-hydrogen) atoms. The Morgan fingerprint density at radius 1 is 1.59 bits per heavy atom. The molecule has 1 aliphatic carbocycles. The number of nitrogens with two attached hydrogens (primary N) is 1. The third kappa shape index (κ3) is 2.99. The summed E-state index contributed by atoms with van der Waals surface area (Å²) in [6, 6.07) is 0.214. The van der Waals surface area contributed by atoms with E-state index in [-0.39, 0.29) is 29.4 Å². The second kappa shape index (κ2) is 5.83. The lowest BCUT2D eigenvalue weighted by atomic mass is 9.64. The van der Waals surface area contributed by atoms with Crippen molar-refractivity contribution in [1.29, 1.82) is 0 Å². The van der Waals surface area contributed by atoms with Gasteiger partial charge in [-0.1, -0.05) is 27.2 Å². The molecule has 4 heteroatoms. The van der Waals surface area contributed by atoms with Gasteiger partial charge < -0.3 is 15.8 Å². The number of rotatable bonds is 6. The van der Waals surface area contributed by atoms with Crippen LogP contribution in [0.15, 0.2) is 0 Å². The summed E-state index contributed by atoms with van der Waals surface area (Å²) in [5, 5.41) is 3.11. The molecule has 0 heterocycles. The van der Waals surface area contributed by atoms with Gasteiger partial charge in [-0.05, 0) is 12.8 Å². The monoisotopic (exact) mass is 242 g/mol. The largest absolute Gasteiger partial charge is 0.381 e.